The third-order valence-corrected chi connectivity index (χ3v) is 5.05. The summed E-state index contributed by atoms with van der Waals surface area (Å²) in [5, 5.41) is 6.36. The van der Waals surface area contributed by atoms with Crippen molar-refractivity contribution >= 4 is 44.9 Å². The van der Waals surface area contributed by atoms with Gasteiger partial charge >= 0.3 is 6.09 Å². The van der Waals surface area contributed by atoms with E-state index in [9.17, 15) is 9.59 Å². The molecule has 2 heterocycles. The Morgan fingerprint density at radius 1 is 1.00 bits per heavy atom. The number of ether oxygens (including phenoxy) is 1. The van der Waals surface area contributed by atoms with Crippen molar-refractivity contribution in [2.75, 3.05) is 17.7 Å². The maximum absolute atomic E-state index is 12.7. The van der Waals surface area contributed by atoms with Crippen LogP contribution in [0.1, 0.15) is 26.8 Å². The molecule has 0 aliphatic heterocycles. The van der Waals surface area contributed by atoms with E-state index in [1.165, 1.54) is 18.4 Å². The molecule has 8 heteroatoms. The molecule has 0 aliphatic carbocycles. The molecule has 0 aliphatic rings. The number of carbonyl (C=O) groups is 2. The molecule has 7 nitrogen and oxygen atoms in total. The zero-order valence-electron chi connectivity index (χ0n) is 14.8. The predicted octanol–water partition coefficient (Wildman–Crippen LogP) is 4.05. The number of nitrogens with one attached hydrogen (secondary N) is 2. The lowest BCUT2D eigenvalue weighted by Crippen LogP contribution is -2.12. The summed E-state index contributed by atoms with van der Waals surface area (Å²) < 4.78 is 4.54. The fraction of sp³-hybridized carbons (Fsp3) is 0.222. The number of aryl methyl sites for hydroxylation is 3. The number of benzene rings is 1. The minimum Gasteiger partial charge on any atom is -0.453 e. The van der Waals surface area contributed by atoms with Gasteiger partial charge in [-0.25, -0.2) is 14.8 Å². The second kappa shape index (κ2) is 7.09. The van der Waals surface area contributed by atoms with E-state index >= 15 is 0 Å². The molecule has 134 valence electrons. The fourth-order valence-corrected chi connectivity index (χ4v) is 3.86. The molecule has 0 unspecified atom stereocenters. The Morgan fingerprint density at radius 3 is 2.23 bits per heavy atom. The molecule has 0 spiro atoms. The lowest BCUT2D eigenvalue weighted by molar-refractivity contribution is 0.103. The van der Waals surface area contributed by atoms with Crippen LogP contribution in [0, 0.1) is 20.8 Å². The van der Waals surface area contributed by atoms with Crippen LogP contribution in [0.2, 0.25) is 0 Å². The van der Waals surface area contributed by atoms with Crippen molar-refractivity contribution in [1.82, 2.24) is 9.97 Å². The van der Waals surface area contributed by atoms with Crippen molar-refractivity contribution in [2.24, 2.45) is 0 Å². The van der Waals surface area contributed by atoms with Gasteiger partial charge in [-0.2, -0.15) is 0 Å². The number of methoxy groups -OCH3 is 1. The average molecular weight is 370 g/mol. The zero-order valence-corrected chi connectivity index (χ0v) is 15.7. The summed E-state index contributed by atoms with van der Waals surface area (Å²) in [7, 11) is 1.30. The van der Waals surface area contributed by atoms with Gasteiger partial charge in [0.15, 0.2) is 0 Å². The Hall–Kier alpha value is -3.00. The van der Waals surface area contributed by atoms with Crippen LogP contribution in [0.3, 0.4) is 0 Å². The van der Waals surface area contributed by atoms with Gasteiger partial charge in [-0.05, 0) is 50.6 Å². The average Bonchev–Trinajstić information content (AvgIpc) is 2.93. The summed E-state index contributed by atoms with van der Waals surface area (Å²) in [4.78, 5) is 34.1. The standard InChI is InChI=1S/C18H18N4O3S/c1-9-14-10(2)19-11(3)20-17(14)26-15(9)16(23)21-12-5-7-13(8-6-12)22-18(24)25-4/h5-8H,1-4H3,(H,21,23)(H,22,24). The van der Waals surface area contributed by atoms with Gasteiger partial charge in [0.25, 0.3) is 5.91 Å². The lowest BCUT2D eigenvalue weighted by atomic mass is 10.1. The Kier molecular flexibility index (Phi) is 4.85. The summed E-state index contributed by atoms with van der Waals surface area (Å²) in [5.74, 6) is 0.494. The van der Waals surface area contributed by atoms with Gasteiger partial charge in [-0.15, -0.1) is 11.3 Å². The molecule has 0 saturated carbocycles. The van der Waals surface area contributed by atoms with E-state index in [0.717, 1.165) is 21.5 Å². The van der Waals surface area contributed by atoms with Gasteiger partial charge in [0.05, 0.1) is 12.0 Å². The Bertz CT molecular complexity index is 996. The lowest BCUT2D eigenvalue weighted by Gasteiger charge is -2.07. The third kappa shape index (κ3) is 3.50. The highest BCUT2D eigenvalue weighted by Gasteiger charge is 2.18. The summed E-state index contributed by atoms with van der Waals surface area (Å²) in [6.07, 6.45) is -0.547. The topological polar surface area (TPSA) is 93.2 Å². The molecule has 3 rings (SSSR count). The summed E-state index contributed by atoms with van der Waals surface area (Å²) >= 11 is 1.36. The number of aromatic nitrogens is 2. The monoisotopic (exact) mass is 370 g/mol. The normalized spacial score (nSPS) is 10.6. The van der Waals surface area contributed by atoms with Crippen molar-refractivity contribution in [3.8, 4) is 0 Å². The second-order valence-corrected chi connectivity index (χ2v) is 6.74. The summed E-state index contributed by atoms with van der Waals surface area (Å²) in [5.41, 5.74) is 2.96. The maximum atomic E-state index is 12.7. The maximum Gasteiger partial charge on any atom is 0.411 e. The van der Waals surface area contributed by atoms with Gasteiger partial charge < -0.3 is 10.1 Å². The van der Waals surface area contributed by atoms with Gasteiger partial charge in [0, 0.05) is 22.5 Å². The van der Waals surface area contributed by atoms with E-state index in [2.05, 4.69) is 25.3 Å². The third-order valence-electron chi connectivity index (χ3n) is 3.86. The molecule has 0 fully saturated rings. The Morgan fingerprint density at radius 2 is 1.62 bits per heavy atom. The molecular weight excluding hydrogens is 352 g/mol. The molecule has 0 bridgehead atoms. The van der Waals surface area contributed by atoms with Crippen LogP contribution in [-0.2, 0) is 4.74 Å². The molecule has 2 aromatic heterocycles. The number of amides is 2. The molecule has 2 amide bonds. The zero-order chi connectivity index (χ0) is 18.8. The van der Waals surface area contributed by atoms with Crippen LogP contribution in [-0.4, -0.2) is 29.1 Å². The number of carbonyl (C=O) groups excluding carboxylic acids is 2. The van der Waals surface area contributed by atoms with E-state index in [0.29, 0.717) is 22.1 Å². The number of fused-ring (bicyclic) bond motifs is 1. The van der Waals surface area contributed by atoms with Crippen LogP contribution >= 0.6 is 11.3 Å². The second-order valence-electron chi connectivity index (χ2n) is 5.74. The van der Waals surface area contributed by atoms with Crippen molar-refractivity contribution in [3.05, 3.63) is 46.2 Å². The van der Waals surface area contributed by atoms with Crippen LogP contribution < -0.4 is 10.6 Å². The number of hydrogen-bond donors (Lipinski definition) is 2. The molecule has 26 heavy (non-hydrogen) atoms. The van der Waals surface area contributed by atoms with Gasteiger partial charge in [-0.3, -0.25) is 10.1 Å². The molecule has 3 aromatic rings. The SMILES string of the molecule is COC(=O)Nc1ccc(NC(=O)c2sc3nc(C)nc(C)c3c2C)cc1. The summed E-state index contributed by atoms with van der Waals surface area (Å²) in [6.45, 7) is 5.67. The minimum absolute atomic E-state index is 0.198. The fourth-order valence-electron chi connectivity index (χ4n) is 2.68. The van der Waals surface area contributed by atoms with Crippen LogP contribution in [0.5, 0.6) is 0 Å². The highest BCUT2D eigenvalue weighted by molar-refractivity contribution is 7.20. The van der Waals surface area contributed by atoms with Gasteiger partial charge in [0.1, 0.15) is 10.7 Å². The predicted molar refractivity (Wildman–Crippen MR) is 102 cm³/mol. The van der Waals surface area contributed by atoms with E-state index in [1.807, 2.05) is 20.8 Å². The van der Waals surface area contributed by atoms with Gasteiger partial charge in [0.2, 0.25) is 0 Å². The van der Waals surface area contributed by atoms with E-state index < -0.39 is 6.09 Å². The first-order chi connectivity index (χ1) is 12.4. The number of nitrogens with zero attached hydrogens (tertiary/aromatic N) is 2. The van der Waals surface area contributed by atoms with Crippen molar-refractivity contribution in [1.29, 1.82) is 0 Å². The van der Waals surface area contributed by atoms with Crippen LogP contribution in [0.15, 0.2) is 24.3 Å². The molecule has 0 atom stereocenters. The highest BCUT2D eigenvalue weighted by atomic mass is 32.1. The Labute approximate surface area is 154 Å². The molecule has 0 radical (unpaired) electrons. The Balaban J connectivity index is 1.82. The first-order valence-corrected chi connectivity index (χ1v) is 8.71. The smallest absolute Gasteiger partial charge is 0.411 e. The number of thiophene rings is 1. The number of anilines is 2. The van der Waals surface area contributed by atoms with Crippen LogP contribution in [0.4, 0.5) is 16.2 Å². The largest absolute Gasteiger partial charge is 0.453 e. The quantitative estimate of drug-likeness (QED) is 0.725. The summed E-state index contributed by atoms with van der Waals surface area (Å²) in [6, 6.07) is 6.79. The van der Waals surface area contributed by atoms with E-state index in [1.54, 1.807) is 24.3 Å². The molecule has 2 N–H and O–H groups in total. The van der Waals surface area contributed by atoms with Crippen molar-refractivity contribution < 1.29 is 14.3 Å². The highest BCUT2D eigenvalue weighted by Crippen LogP contribution is 2.31. The number of hydrogen-bond acceptors (Lipinski definition) is 6. The van der Waals surface area contributed by atoms with Crippen LogP contribution in [0.25, 0.3) is 10.2 Å². The van der Waals surface area contributed by atoms with Gasteiger partial charge in [-0.1, -0.05) is 0 Å². The van der Waals surface area contributed by atoms with Crippen molar-refractivity contribution in [2.45, 2.75) is 20.8 Å². The van der Waals surface area contributed by atoms with E-state index in [-0.39, 0.29) is 5.91 Å². The molecule has 0 saturated heterocycles. The molecule has 1 aromatic carbocycles. The van der Waals surface area contributed by atoms with Crippen molar-refractivity contribution in [3.63, 3.8) is 0 Å². The minimum atomic E-state index is -0.547. The molecular formula is C18H18N4O3S. The first kappa shape index (κ1) is 17.8. The number of rotatable bonds is 3. The van der Waals surface area contributed by atoms with E-state index in [4.69, 9.17) is 0 Å². The first-order valence-electron chi connectivity index (χ1n) is 7.89.